The number of hydrogen-bond donors (Lipinski definition) is 1. The number of benzene rings is 1. The van der Waals surface area contributed by atoms with Gasteiger partial charge in [-0.2, -0.15) is 0 Å². The summed E-state index contributed by atoms with van der Waals surface area (Å²) in [5.74, 6) is 0. The van der Waals surface area contributed by atoms with Gasteiger partial charge in [0.05, 0.1) is 11.4 Å². The van der Waals surface area contributed by atoms with Crippen molar-refractivity contribution in [2.75, 3.05) is 14.1 Å². The molecule has 0 bridgehead atoms. The van der Waals surface area contributed by atoms with Crippen LogP contribution in [0.2, 0.25) is 0 Å². The first kappa shape index (κ1) is 16.0. The van der Waals surface area contributed by atoms with Gasteiger partial charge in [-0.25, -0.2) is 10.0 Å². The molecule has 7 heteroatoms. The van der Waals surface area contributed by atoms with E-state index in [2.05, 4.69) is 4.98 Å². The number of fused-ring (bicyclic) bond motifs is 3. The van der Waals surface area contributed by atoms with Crippen LogP contribution in [0.15, 0.2) is 58.3 Å². The molecule has 0 spiro atoms. The van der Waals surface area contributed by atoms with E-state index in [-0.39, 0.29) is 10.9 Å². The number of hydrogen-bond acceptors (Lipinski definition) is 6. The summed E-state index contributed by atoms with van der Waals surface area (Å²) in [4.78, 5) is 20.1. The highest BCUT2D eigenvalue weighted by atomic mass is 32.2. The average molecular weight is 354 g/mol. The number of nitrogens with zero attached hydrogens (tertiary/aromatic N) is 4. The zero-order valence-electron chi connectivity index (χ0n) is 14.2. The maximum atomic E-state index is 13.0. The summed E-state index contributed by atoms with van der Waals surface area (Å²) >= 11 is 1.33. The zero-order chi connectivity index (χ0) is 17.7. The van der Waals surface area contributed by atoms with E-state index in [4.69, 9.17) is 0 Å². The van der Waals surface area contributed by atoms with Crippen LogP contribution in [-0.2, 0) is 0 Å². The lowest BCUT2D eigenvalue weighted by Gasteiger charge is -2.29. The molecule has 0 saturated carbocycles. The minimum Gasteiger partial charge on any atom is -0.377 e. The summed E-state index contributed by atoms with van der Waals surface area (Å²) in [6.45, 7) is 2.01. The number of allylic oxidation sites excluding steroid dienone is 1. The van der Waals surface area contributed by atoms with Crippen LogP contribution in [0.1, 0.15) is 11.3 Å². The number of rotatable bonds is 2. The van der Waals surface area contributed by atoms with Crippen molar-refractivity contribution in [3.8, 4) is 5.69 Å². The second kappa shape index (κ2) is 5.79. The highest BCUT2D eigenvalue weighted by molar-refractivity contribution is 8.00. The average Bonchev–Trinajstić information content (AvgIpc) is 2.98. The van der Waals surface area contributed by atoms with Crippen molar-refractivity contribution in [1.29, 1.82) is 0 Å². The van der Waals surface area contributed by atoms with Crippen molar-refractivity contribution >= 4 is 17.3 Å². The normalized spacial score (nSPS) is 18.4. The van der Waals surface area contributed by atoms with E-state index in [1.54, 1.807) is 17.1 Å². The SMILES string of the molecule is Cc1ccc(-n2cnc3c(c2=O)SC2C3=C(N(C)C)C=CN2O)cc1. The summed E-state index contributed by atoms with van der Waals surface area (Å²) in [6, 6.07) is 7.74. The van der Waals surface area contributed by atoms with Gasteiger partial charge in [0.2, 0.25) is 0 Å². The number of hydroxylamine groups is 2. The quantitative estimate of drug-likeness (QED) is 0.894. The molecule has 1 N–H and O–H groups in total. The largest absolute Gasteiger partial charge is 0.377 e. The van der Waals surface area contributed by atoms with Gasteiger partial charge in [0, 0.05) is 31.6 Å². The van der Waals surface area contributed by atoms with Crippen LogP contribution in [0, 0.1) is 6.92 Å². The van der Waals surface area contributed by atoms with Gasteiger partial charge in [-0.05, 0) is 25.1 Å². The van der Waals surface area contributed by atoms with E-state index in [1.165, 1.54) is 11.8 Å². The molecule has 1 atom stereocenters. The van der Waals surface area contributed by atoms with Gasteiger partial charge in [0.1, 0.15) is 16.6 Å². The summed E-state index contributed by atoms with van der Waals surface area (Å²) in [5.41, 5.74) is 4.25. The minimum atomic E-state index is -0.355. The smallest absolute Gasteiger partial charge is 0.272 e. The lowest BCUT2D eigenvalue weighted by molar-refractivity contribution is -0.0384. The van der Waals surface area contributed by atoms with Crippen LogP contribution in [-0.4, -0.2) is 44.2 Å². The number of aryl methyl sites for hydroxylation is 1. The van der Waals surface area contributed by atoms with Crippen molar-refractivity contribution in [2.24, 2.45) is 0 Å². The molecular formula is C18H18N4O2S. The maximum absolute atomic E-state index is 13.0. The van der Waals surface area contributed by atoms with E-state index >= 15 is 0 Å². The van der Waals surface area contributed by atoms with Gasteiger partial charge in [0.25, 0.3) is 5.56 Å². The van der Waals surface area contributed by atoms with Crippen molar-refractivity contribution in [3.05, 3.63) is 70.2 Å². The summed E-state index contributed by atoms with van der Waals surface area (Å²) in [5, 5.41) is 11.0. The fourth-order valence-electron chi connectivity index (χ4n) is 3.05. The first-order chi connectivity index (χ1) is 12.0. The summed E-state index contributed by atoms with van der Waals surface area (Å²) in [6.07, 6.45) is 5.00. The van der Waals surface area contributed by atoms with Crippen molar-refractivity contribution < 1.29 is 5.21 Å². The van der Waals surface area contributed by atoms with Crippen LogP contribution in [0.25, 0.3) is 11.3 Å². The van der Waals surface area contributed by atoms with Gasteiger partial charge in [-0.1, -0.05) is 29.5 Å². The summed E-state index contributed by atoms with van der Waals surface area (Å²) < 4.78 is 1.55. The van der Waals surface area contributed by atoms with Gasteiger partial charge in [-0.3, -0.25) is 14.6 Å². The highest BCUT2D eigenvalue weighted by Crippen LogP contribution is 2.46. The fraction of sp³-hybridized carbons (Fsp3) is 0.222. The first-order valence-corrected chi connectivity index (χ1v) is 8.78. The summed E-state index contributed by atoms with van der Waals surface area (Å²) in [7, 11) is 3.87. The molecule has 3 heterocycles. The molecule has 128 valence electrons. The molecular weight excluding hydrogens is 336 g/mol. The third-order valence-electron chi connectivity index (χ3n) is 4.36. The Labute approximate surface area is 149 Å². The highest BCUT2D eigenvalue weighted by Gasteiger charge is 2.39. The number of likely N-dealkylation sites (N-methyl/N-ethyl adjacent to an activating group) is 1. The molecule has 0 amide bonds. The van der Waals surface area contributed by atoms with Crippen molar-refractivity contribution in [2.45, 2.75) is 17.2 Å². The van der Waals surface area contributed by atoms with Crippen LogP contribution >= 0.6 is 11.8 Å². The molecule has 25 heavy (non-hydrogen) atoms. The molecule has 4 rings (SSSR count). The van der Waals surface area contributed by atoms with Crippen LogP contribution in [0.3, 0.4) is 0 Å². The molecule has 1 unspecified atom stereocenters. The lowest BCUT2D eigenvalue weighted by atomic mass is 10.1. The Morgan fingerprint density at radius 3 is 2.64 bits per heavy atom. The molecule has 2 aliphatic heterocycles. The lowest BCUT2D eigenvalue weighted by Crippen LogP contribution is -2.29. The Morgan fingerprint density at radius 2 is 1.96 bits per heavy atom. The third kappa shape index (κ3) is 2.47. The van der Waals surface area contributed by atoms with E-state index < -0.39 is 0 Å². The second-order valence-corrected chi connectivity index (χ2v) is 7.38. The van der Waals surface area contributed by atoms with Crippen LogP contribution in [0.4, 0.5) is 0 Å². The second-order valence-electron chi connectivity index (χ2n) is 6.29. The number of aromatic nitrogens is 2. The van der Waals surface area contributed by atoms with Crippen molar-refractivity contribution in [1.82, 2.24) is 19.5 Å². The molecule has 1 aromatic carbocycles. The molecule has 1 aromatic heterocycles. The first-order valence-electron chi connectivity index (χ1n) is 7.90. The Bertz CT molecular complexity index is 960. The number of thioether (sulfide) groups is 1. The van der Waals surface area contributed by atoms with Gasteiger partial charge in [-0.15, -0.1) is 0 Å². The molecule has 0 saturated heterocycles. The van der Waals surface area contributed by atoms with Gasteiger partial charge in [0.15, 0.2) is 0 Å². The Hall–Kier alpha value is -2.51. The Kier molecular flexibility index (Phi) is 3.70. The molecule has 6 nitrogen and oxygen atoms in total. The fourth-order valence-corrected chi connectivity index (χ4v) is 4.28. The van der Waals surface area contributed by atoms with E-state index in [0.717, 1.165) is 27.6 Å². The van der Waals surface area contributed by atoms with E-state index in [1.807, 2.05) is 56.3 Å². The zero-order valence-corrected chi connectivity index (χ0v) is 15.0. The van der Waals surface area contributed by atoms with E-state index in [0.29, 0.717) is 10.6 Å². The minimum absolute atomic E-state index is 0.118. The van der Waals surface area contributed by atoms with E-state index in [9.17, 15) is 10.0 Å². The topological polar surface area (TPSA) is 61.6 Å². The molecule has 0 aliphatic carbocycles. The monoisotopic (exact) mass is 354 g/mol. The Morgan fingerprint density at radius 1 is 1.24 bits per heavy atom. The predicted octanol–water partition coefficient (Wildman–Crippen LogP) is 2.46. The van der Waals surface area contributed by atoms with Crippen LogP contribution < -0.4 is 5.56 Å². The molecule has 0 fully saturated rings. The third-order valence-corrected chi connectivity index (χ3v) is 5.64. The molecule has 0 radical (unpaired) electrons. The standard InChI is InChI=1S/C18H18N4O2S/c1-11-4-6-12(7-5-11)21-10-19-15-14-13(20(2)3)8-9-22(24)18(14)25-16(15)17(21)23/h4-10,18,24H,1-3H3. The predicted molar refractivity (Wildman–Crippen MR) is 97.6 cm³/mol. The van der Waals surface area contributed by atoms with Crippen molar-refractivity contribution in [3.63, 3.8) is 0 Å². The molecule has 2 aromatic rings. The van der Waals surface area contributed by atoms with Gasteiger partial charge < -0.3 is 4.90 Å². The molecule has 2 aliphatic rings. The van der Waals surface area contributed by atoms with Crippen LogP contribution in [0.5, 0.6) is 0 Å². The van der Waals surface area contributed by atoms with Gasteiger partial charge >= 0.3 is 0 Å². The maximum Gasteiger partial charge on any atom is 0.272 e. The Balaban J connectivity index is 1.89.